The summed E-state index contributed by atoms with van der Waals surface area (Å²) in [7, 11) is 0.424. The van der Waals surface area contributed by atoms with Crippen LogP contribution >= 0.6 is 27.3 Å². The van der Waals surface area contributed by atoms with E-state index in [2.05, 4.69) is 20.8 Å². The highest BCUT2D eigenvalue weighted by atomic mass is 79.9. The normalized spacial score (nSPS) is 16.8. The van der Waals surface area contributed by atoms with Crippen LogP contribution in [0.25, 0.3) is 10.2 Å². The Labute approximate surface area is 232 Å². The monoisotopic (exact) mass is 613 g/mol. The Kier molecular flexibility index (Phi) is 9.93. The number of rotatable bonds is 8. The number of fused-ring (bicyclic) bond motifs is 1. The largest absolute Gasteiger partial charge is 1.00 e. The molecule has 1 atom stereocenters. The molecule has 1 fully saturated rings. The predicted molar refractivity (Wildman–Crippen MR) is 146 cm³/mol. The Morgan fingerprint density at radius 2 is 1.86 bits per heavy atom. The number of hydrogen-bond donors (Lipinski definition) is 0. The molecule has 0 bridgehead atoms. The number of anilines is 1. The topological polar surface area (TPSA) is 73.8 Å². The highest BCUT2D eigenvalue weighted by Gasteiger charge is 2.31. The lowest BCUT2D eigenvalue weighted by Crippen LogP contribution is -3.00. The fraction of sp³-hybridized carbons (Fsp3) is 0.440. The van der Waals surface area contributed by atoms with Crippen molar-refractivity contribution in [1.82, 2.24) is 14.2 Å². The molecule has 0 aliphatic carbocycles. The number of piperidine rings is 1. The molecular formula is C25H31BrClN4O3S2-. The zero-order valence-corrected chi connectivity index (χ0v) is 24.6. The SMILES string of the molecule is CC1CCCCN1S(=O)(=O)c1ccc(C(=O)N(CCCN(C)C)c2nc3ccc(Br)cc3s2)cc1.[Cl-]. The molecule has 2 aromatic carbocycles. The Hall–Kier alpha value is -1.56. The molecule has 1 aromatic heterocycles. The van der Waals surface area contributed by atoms with Gasteiger partial charge in [0.25, 0.3) is 5.91 Å². The second kappa shape index (κ2) is 12.3. The molecule has 36 heavy (non-hydrogen) atoms. The van der Waals surface area contributed by atoms with Crippen LogP contribution in [0, 0.1) is 0 Å². The fourth-order valence-electron chi connectivity index (χ4n) is 4.32. The van der Waals surface area contributed by atoms with Gasteiger partial charge in [0.2, 0.25) is 10.0 Å². The zero-order chi connectivity index (χ0) is 25.2. The van der Waals surface area contributed by atoms with Gasteiger partial charge in [-0.15, -0.1) is 0 Å². The van der Waals surface area contributed by atoms with Crippen LogP contribution in [0.2, 0.25) is 0 Å². The minimum absolute atomic E-state index is 0. The molecule has 196 valence electrons. The van der Waals surface area contributed by atoms with Gasteiger partial charge in [0.1, 0.15) is 0 Å². The van der Waals surface area contributed by atoms with Crippen molar-refractivity contribution in [3.63, 3.8) is 0 Å². The van der Waals surface area contributed by atoms with Crippen molar-refractivity contribution in [3.05, 3.63) is 52.5 Å². The summed E-state index contributed by atoms with van der Waals surface area (Å²) in [5.74, 6) is -0.183. The van der Waals surface area contributed by atoms with Crippen molar-refractivity contribution in [2.45, 2.75) is 43.5 Å². The summed E-state index contributed by atoms with van der Waals surface area (Å²) in [5, 5.41) is 0.640. The maximum absolute atomic E-state index is 13.6. The van der Waals surface area contributed by atoms with Gasteiger partial charge >= 0.3 is 0 Å². The van der Waals surface area contributed by atoms with E-state index in [0.29, 0.717) is 23.8 Å². The van der Waals surface area contributed by atoms with Crippen LogP contribution in [0.5, 0.6) is 0 Å². The molecule has 1 aliphatic rings. The van der Waals surface area contributed by atoms with Crippen LogP contribution in [-0.4, -0.2) is 68.3 Å². The van der Waals surface area contributed by atoms with Crippen molar-refractivity contribution in [3.8, 4) is 0 Å². The van der Waals surface area contributed by atoms with E-state index in [1.165, 1.54) is 11.3 Å². The smallest absolute Gasteiger partial charge is 0.260 e. The molecule has 0 N–H and O–H groups in total. The summed E-state index contributed by atoms with van der Waals surface area (Å²) in [4.78, 5) is 22.3. The molecule has 3 aromatic rings. The lowest BCUT2D eigenvalue weighted by atomic mass is 10.1. The molecule has 1 aliphatic heterocycles. The minimum Gasteiger partial charge on any atom is -1.00 e. The average molecular weight is 615 g/mol. The summed E-state index contributed by atoms with van der Waals surface area (Å²) >= 11 is 4.97. The quantitative estimate of drug-likeness (QED) is 0.389. The van der Waals surface area contributed by atoms with Gasteiger partial charge in [-0.3, -0.25) is 9.69 Å². The lowest BCUT2D eigenvalue weighted by molar-refractivity contribution is -0.0000176. The Balaban J connectivity index is 0.00000361. The molecule has 0 saturated carbocycles. The minimum atomic E-state index is -3.58. The maximum Gasteiger partial charge on any atom is 0.260 e. The molecule has 0 radical (unpaired) electrons. The zero-order valence-electron chi connectivity index (χ0n) is 20.7. The number of hydrogen-bond acceptors (Lipinski definition) is 6. The Bertz CT molecular complexity index is 1300. The highest BCUT2D eigenvalue weighted by Crippen LogP contribution is 2.32. The van der Waals surface area contributed by atoms with E-state index in [9.17, 15) is 13.2 Å². The Morgan fingerprint density at radius 1 is 1.14 bits per heavy atom. The van der Waals surface area contributed by atoms with Gasteiger partial charge in [-0.25, -0.2) is 13.4 Å². The van der Waals surface area contributed by atoms with Crippen LogP contribution in [-0.2, 0) is 10.0 Å². The second-order valence-electron chi connectivity index (χ2n) is 9.21. The van der Waals surface area contributed by atoms with E-state index in [1.54, 1.807) is 33.5 Å². The van der Waals surface area contributed by atoms with Crippen molar-refractivity contribution < 1.29 is 25.6 Å². The van der Waals surface area contributed by atoms with Gasteiger partial charge < -0.3 is 17.3 Å². The Morgan fingerprint density at radius 3 is 2.53 bits per heavy atom. The first-order valence-corrected chi connectivity index (χ1v) is 14.9. The number of carbonyl (C=O) groups is 1. The summed E-state index contributed by atoms with van der Waals surface area (Å²) in [6, 6.07) is 12.2. The van der Waals surface area contributed by atoms with E-state index < -0.39 is 10.0 Å². The molecule has 4 rings (SSSR count). The van der Waals surface area contributed by atoms with Crippen LogP contribution in [0.15, 0.2) is 51.8 Å². The molecule has 1 saturated heterocycles. The number of carbonyl (C=O) groups excluding carboxylic acids is 1. The second-order valence-corrected chi connectivity index (χ2v) is 13.0. The molecule has 7 nitrogen and oxygen atoms in total. The first-order chi connectivity index (χ1) is 16.7. The van der Waals surface area contributed by atoms with Crippen LogP contribution in [0.1, 0.15) is 43.0 Å². The van der Waals surface area contributed by atoms with Gasteiger partial charge in [0, 0.05) is 29.2 Å². The third-order valence-corrected chi connectivity index (χ3v) is 9.81. The molecular weight excluding hydrogens is 584 g/mol. The average Bonchev–Trinajstić information content (AvgIpc) is 3.24. The lowest BCUT2D eigenvalue weighted by Gasteiger charge is -2.32. The van der Waals surface area contributed by atoms with Gasteiger partial charge in [0.05, 0.1) is 15.1 Å². The number of benzene rings is 2. The van der Waals surface area contributed by atoms with Crippen LogP contribution < -0.4 is 17.3 Å². The third kappa shape index (κ3) is 6.46. The number of amides is 1. The van der Waals surface area contributed by atoms with Crippen molar-refractivity contribution in [1.29, 1.82) is 0 Å². The van der Waals surface area contributed by atoms with E-state index in [1.807, 2.05) is 39.2 Å². The molecule has 1 unspecified atom stereocenters. The van der Waals surface area contributed by atoms with E-state index in [0.717, 1.165) is 46.9 Å². The highest BCUT2D eigenvalue weighted by molar-refractivity contribution is 9.10. The van der Waals surface area contributed by atoms with Gasteiger partial charge in [-0.1, -0.05) is 33.7 Å². The molecule has 1 amide bonds. The van der Waals surface area contributed by atoms with E-state index in [-0.39, 0.29) is 29.3 Å². The summed E-state index contributed by atoms with van der Waals surface area (Å²) in [6.45, 7) is 3.85. The molecule has 11 heteroatoms. The van der Waals surface area contributed by atoms with E-state index >= 15 is 0 Å². The van der Waals surface area contributed by atoms with Crippen molar-refractivity contribution in [2.75, 3.05) is 38.6 Å². The first-order valence-electron chi connectivity index (χ1n) is 11.8. The summed E-state index contributed by atoms with van der Waals surface area (Å²) in [5.41, 5.74) is 1.29. The standard InChI is InChI=1S/C25H31BrN4O3S2.ClH/c1-18-7-4-5-16-30(18)35(32,33)21-11-8-19(9-12-21)24(31)29(15-6-14-28(2)3)25-27-22-13-10-20(26)17-23(22)34-25;/h8-13,17-18H,4-7,14-16H2,1-3H3;1H/p-1. The number of thiazole rings is 1. The molecule has 2 heterocycles. The van der Waals surface area contributed by atoms with Gasteiger partial charge in [-0.05, 0) is 89.3 Å². The van der Waals surface area contributed by atoms with Gasteiger partial charge in [0.15, 0.2) is 5.13 Å². The predicted octanol–water partition coefficient (Wildman–Crippen LogP) is 2.22. The first kappa shape index (κ1) is 29.0. The van der Waals surface area contributed by atoms with E-state index in [4.69, 9.17) is 4.98 Å². The van der Waals surface area contributed by atoms with Crippen molar-refractivity contribution >= 4 is 58.5 Å². The summed E-state index contributed by atoms with van der Waals surface area (Å²) in [6.07, 6.45) is 3.59. The van der Waals surface area contributed by atoms with Gasteiger partial charge in [-0.2, -0.15) is 4.31 Å². The number of halogens is 2. The number of aromatic nitrogens is 1. The number of nitrogens with zero attached hydrogens (tertiary/aromatic N) is 4. The van der Waals surface area contributed by atoms with Crippen LogP contribution in [0.4, 0.5) is 5.13 Å². The van der Waals surface area contributed by atoms with Crippen LogP contribution in [0.3, 0.4) is 0 Å². The number of sulfonamides is 1. The van der Waals surface area contributed by atoms with Crippen molar-refractivity contribution in [2.24, 2.45) is 0 Å². The summed E-state index contributed by atoms with van der Waals surface area (Å²) < 4.78 is 29.9. The molecule has 0 spiro atoms. The third-order valence-electron chi connectivity index (χ3n) is 6.25. The maximum atomic E-state index is 13.6. The fourth-order valence-corrected chi connectivity index (χ4v) is 7.56.